The fraction of sp³-hybridized carbons (Fsp3) is 0.333. The Morgan fingerprint density at radius 3 is 2.76 bits per heavy atom. The Hall–Kier alpha value is -2.77. The molecular formula is C21H25ClN4O3. The molecule has 29 heavy (non-hydrogen) atoms. The van der Waals surface area contributed by atoms with Crippen LogP contribution in [0.4, 0.5) is 5.82 Å². The average molecular weight is 417 g/mol. The lowest BCUT2D eigenvalue weighted by Crippen LogP contribution is -2.21. The van der Waals surface area contributed by atoms with Gasteiger partial charge in [0.1, 0.15) is 5.82 Å². The number of hydroxylamine groups is 1. The van der Waals surface area contributed by atoms with Gasteiger partial charge in [-0.05, 0) is 30.7 Å². The van der Waals surface area contributed by atoms with Crippen molar-refractivity contribution in [2.24, 2.45) is 0 Å². The standard InChI is InChI=1S/C21H25ClN4O3/c1-5-6-9-26(2)19-8-7-13(21(24-19)28-3)14-10-15-16(20(27)25-29-4)12-23-18(15)11-17(14)22/h7-8,10-12,23H,5-6,9H2,1-4H3,(H,25,27). The van der Waals surface area contributed by atoms with Crippen molar-refractivity contribution in [2.45, 2.75) is 19.8 Å². The number of anilines is 1. The summed E-state index contributed by atoms with van der Waals surface area (Å²) in [6.45, 7) is 3.07. The monoisotopic (exact) mass is 416 g/mol. The number of methoxy groups -OCH3 is 1. The topological polar surface area (TPSA) is 79.5 Å². The SMILES string of the molecule is CCCCN(C)c1ccc(-c2cc3c(C(=O)NOC)c[nH]c3cc2Cl)c(OC)n1. The molecule has 2 N–H and O–H groups in total. The van der Waals surface area contributed by atoms with Crippen LogP contribution < -0.4 is 15.1 Å². The van der Waals surface area contributed by atoms with Crippen molar-refractivity contribution in [3.63, 3.8) is 0 Å². The van der Waals surface area contributed by atoms with E-state index in [1.54, 1.807) is 19.4 Å². The Labute approximate surface area is 174 Å². The van der Waals surface area contributed by atoms with Crippen molar-refractivity contribution in [3.8, 4) is 17.0 Å². The number of pyridine rings is 1. The van der Waals surface area contributed by atoms with Gasteiger partial charge in [0.15, 0.2) is 0 Å². The van der Waals surface area contributed by atoms with Crippen molar-refractivity contribution in [2.75, 3.05) is 32.7 Å². The summed E-state index contributed by atoms with van der Waals surface area (Å²) in [5.74, 6) is 0.966. The number of aromatic amines is 1. The molecule has 0 aliphatic carbocycles. The number of H-pyrrole nitrogens is 1. The predicted molar refractivity (Wildman–Crippen MR) is 116 cm³/mol. The number of ether oxygens (including phenoxy) is 1. The molecule has 8 heteroatoms. The number of nitrogens with zero attached hydrogens (tertiary/aromatic N) is 2. The second-order valence-electron chi connectivity index (χ2n) is 6.72. The zero-order valence-electron chi connectivity index (χ0n) is 17.0. The lowest BCUT2D eigenvalue weighted by Gasteiger charge is -2.19. The Bertz CT molecular complexity index is 1020. The third-order valence-electron chi connectivity index (χ3n) is 4.78. The summed E-state index contributed by atoms with van der Waals surface area (Å²) in [5, 5.41) is 1.26. The smallest absolute Gasteiger partial charge is 0.276 e. The van der Waals surface area contributed by atoms with E-state index in [-0.39, 0.29) is 5.91 Å². The molecule has 3 rings (SSSR count). The summed E-state index contributed by atoms with van der Waals surface area (Å²) in [5.41, 5.74) is 5.04. The van der Waals surface area contributed by atoms with Gasteiger partial charge in [-0.25, -0.2) is 5.48 Å². The minimum absolute atomic E-state index is 0.343. The first-order chi connectivity index (χ1) is 14.0. The van der Waals surface area contributed by atoms with Crippen molar-refractivity contribution < 1.29 is 14.4 Å². The van der Waals surface area contributed by atoms with E-state index < -0.39 is 0 Å². The van der Waals surface area contributed by atoms with Gasteiger partial charge in [-0.15, -0.1) is 0 Å². The minimum Gasteiger partial charge on any atom is -0.480 e. The molecule has 0 atom stereocenters. The minimum atomic E-state index is -0.343. The average Bonchev–Trinajstić information content (AvgIpc) is 3.13. The van der Waals surface area contributed by atoms with E-state index in [0.29, 0.717) is 16.5 Å². The molecule has 154 valence electrons. The highest BCUT2D eigenvalue weighted by molar-refractivity contribution is 6.34. The van der Waals surface area contributed by atoms with E-state index in [1.807, 2.05) is 25.2 Å². The molecule has 0 fully saturated rings. The molecule has 3 aromatic rings. The van der Waals surface area contributed by atoms with Crippen LogP contribution in [0.5, 0.6) is 5.88 Å². The maximum absolute atomic E-state index is 12.2. The highest BCUT2D eigenvalue weighted by Crippen LogP contribution is 2.38. The molecule has 0 aliphatic heterocycles. The summed E-state index contributed by atoms with van der Waals surface area (Å²) in [6.07, 6.45) is 3.83. The number of fused-ring (bicyclic) bond motifs is 1. The van der Waals surface area contributed by atoms with E-state index in [0.717, 1.165) is 47.2 Å². The number of unbranched alkanes of at least 4 members (excludes halogenated alkanes) is 1. The van der Waals surface area contributed by atoms with Crippen molar-refractivity contribution in [1.29, 1.82) is 0 Å². The quantitative estimate of drug-likeness (QED) is 0.531. The van der Waals surface area contributed by atoms with E-state index in [2.05, 4.69) is 27.3 Å². The zero-order chi connectivity index (χ0) is 21.0. The second-order valence-corrected chi connectivity index (χ2v) is 7.12. The first-order valence-electron chi connectivity index (χ1n) is 9.40. The lowest BCUT2D eigenvalue weighted by molar-refractivity contribution is 0.0539. The van der Waals surface area contributed by atoms with Crippen LogP contribution in [0.25, 0.3) is 22.0 Å². The van der Waals surface area contributed by atoms with Gasteiger partial charge < -0.3 is 14.6 Å². The molecule has 2 aromatic heterocycles. The number of carbonyl (C=O) groups excluding carboxylic acids is 1. The van der Waals surface area contributed by atoms with Crippen LogP contribution in [0.3, 0.4) is 0 Å². The zero-order valence-corrected chi connectivity index (χ0v) is 17.8. The van der Waals surface area contributed by atoms with E-state index in [1.165, 1.54) is 7.11 Å². The Balaban J connectivity index is 2.06. The molecule has 0 saturated carbocycles. The predicted octanol–water partition coefficient (Wildman–Crippen LogP) is 4.42. The van der Waals surface area contributed by atoms with Crippen LogP contribution in [0.2, 0.25) is 5.02 Å². The molecule has 0 bridgehead atoms. The second kappa shape index (κ2) is 9.15. The van der Waals surface area contributed by atoms with Gasteiger partial charge in [-0.1, -0.05) is 24.9 Å². The van der Waals surface area contributed by atoms with Gasteiger partial charge in [0, 0.05) is 41.8 Å². The number of halogens is 1. The van der Waals surface area contributed by atoms with Crippen molar-refractivity contribution >= 4 is 34.2 Å². The fourth-order valence-corrected chi connectivity index (χ4v) is 3.46. The molecule has 0 radical (unpaired) electrons. The van der Waals surface area contributed by atoms with Gasteiger partial charge in [0.25, 0.3) is 5.91 Å². The molecule has 1 amide bonds. The normalized spacial score (nSPS) is 10.9. The molecule has 0 saturated heterocycles. The van der Waals surface area contributed by atoms with E-state index in [4.69, 9.17) is 21.2 Å². The van der Waals surface area contributed by atoms with Gasteiger partial charge in [0.05, 0.1) is 24.8 Å². The van der Waals surface area contributed by atoms with E-state index >= 15 is 0 Å². The third kappa shape index (κ3) is 4.31. The number of benzene rings is 1. The number of aromatic nitrogens is 2. The first-order valence-corrected chi connectivity index (χ1v) is 9.78. The number of rotatable bonds is 8. The maximum atomic E-state index is 12.2. The number of nitrogens with one attached hydrogen (secondary N) is 2. The van der Waals surface area contributed by atoms with E-state index in [9.17, 15) is 4.79 Å². The van der Waals surface area contributed by atoms with Gasteiger partial charge in [-0.2, -0.15) is 4.98 Å². The van der Waals surface area contributed by atoms with Crippen LogP contribution in [-0.2, 0) is 4.84 Å². The Morgan fingerprint density at radius 1 is 1.28 bits per heavy atom. The fourth-order valence-electron chi connectivity index (χ4n) is 3.20. The maximum Gasteiger partial charge on any atom is 0.276 e. The molecule has 7 nitrogen and oxygen atoms in total. The Kier molecular flexibility index (Phi) is 6.61. The van der Waals surface area contributed by atoms with Crippen LogP contribution in [0.15, 0.2) is 30.5 Å². The summed E-state index contributed by atoms with van der Waals surface area (Å²) >= 11 is 6.55. The number of hydrogen-bond acceptors (Lipinski definition) is 5. The lowest BCUT2D eigenvalue weighted by atomic mass is 10.0. The number of hydrogen-bond donors (Lipinski definition) is 2. The third-order valence-corrected chi connectivity index (χ3v) is 5.09. The first kappa shape index (κ1) is 21.0. The summed E-state index contributed by atoms with van der Waals surface area (Å²) in [4.78, 5) is 26.8. The molecule has 0 spiro atoms. The summed E-state index contributed by atoms with van der Waals surface area (Å²) in [7, 11) is 4.99. The molecule has 0 unspecified atom stereocenters. The highest BCUT2D eigenvalue weighted by Gasteiger charge is 2.18. The summed E-state index contributed by atoms with van der Waals surface area (Å²) in [6, 6.07) is 7.54. The molecular weight excluding hydrogens is 392 g/mol. The van der Waals surface area contributed by atoms with Crippen LogP contribution in [0, 0.1) is 0 Å². The van der Waals surface area contributed by atoms with Crippen LogP contribution >= 0.6 is 11.6 Å². The van der Waals surface area contributed by atoms with Crippen molar-refractivity contribution in [1.82, 2.24) is 15.4 Å². The number of amides is 1. The Morgan fingerprint density at radius 2 is 2.07 bits per heavy atom. The molecule has 0 aliphatic rings. The largest absolute Gasteiger partial charge is 0.480 e. The molecule has 2 heterocycles. The highest BCUT2D eigenvalue weighted by atomic mass is 35.5. The van der Waals surface area contributed by atoms with Crippen LogP contribution in [-0.4, -0.2) is 43.7 Å². The molecule has 1 aromatic carbocycles. The van der Waals surface area contributed by atoms with Gasteiger partial charge >= 0.3 is 0 Å². The van der Waals surface area contributed by atoms with Crippen molar-refractivity contribution in [3.05, 3.63) is 41.0 Å². The summed E-state index contributed by atoms with van der Waals surface area (Å²) < 4.78 is 5.56. The van der Waals surface area contributed by atoms with Gasteiger partial charge in [0.2, 0.25) is 5.88 Å². The van der Waals surface area contributed by atoms with Crippen LogP contribution in [0.1, 0.15) is 30.1 Å². The number of carbonyl (C=O) groups is 1. The van der Waals surface area contributed by atoms with Gasteiger partial charge in [-0.3, -0.25) is 9.63 Å².